The molecule has 1 unspecified atom stereocenters. The molecule has 0 aromatic heterocycles. The van der Waals surface area contributed by atoms with Crippen molar-refractivity contribution in [2.24, 2.45) is 0 Å². The highest BCUT2D eigenvalue weighted by atomic mass is 16.5. The van der Waals surface area contributed by atoms with E-state index < -0.39 is 0 Å². The number of hydrogen-bond donors (Lipinski definition) is 1. The fourth-order valence-electron chi connectivity index (χ4n) is 2.45. The lowest BCUT2D eigenvalue weighted by Crippen LogP contribution is -2.27. The van der Waals surface area contributed by atoms with E-state index in [9.17, 15) is 4.79 Å². The molecule has 0 saturated carbocycles. The number of ether oxygens (including phenoxy) is 2. The molecule has 3 rings (SSSR count). The third-order valence-electron chi connectivity index (χ3n) is 3.38. The minimum Gasteiger partial charge on any atom is -0.490 e. The molecule has 0 spiro atoms. The highest BCUT2D eigenvalue weighted by molar-refractivity contribution is 5.78. The van der Waals surface area contributed by atoms with Gasteiger partial charge in [0.2, 0.25) is 5.91 Å². The van der Waals surface area contributed by atoms with Gasteiger partial charge in [0, 0.05) is 18.9 Å². The largest absolute Gasteiger partial charge is 0.490 e. The molecule has 1 saturated heterocycles. The van der Waals surface area contributed by atoms with E-state index in [1.165, 1.54) is 5.56 Å². The zero-order chi connectivity index (χ0) is 12.4. The van der Waals surface area contributed by atoms with Crippen LogP contribution in [0.2, 0.25) is 0 Å². The van der Waals surface area contributed by atoms with Crippen molar-refractivity contribution in [1.82, 2.24) is 5.32 Å². The number of amides is 1. The van der Waals surface area contributed by atoms with Gasteiger partial charge in [0.05, 0.1) is 13.2 Å². The molecular formula is C14H17NO3. The second kappa shape index (κ2) is 4.88. The summed E-state index contributed by atoms with van der Waals surface area (Å²) in [5, 5.41) is 2.98. The number of carbonyl (C=O) groups excluding carboxylic acids is 1. The van der Waals surface area contributed by atoms with Crippen molar-refractivity contribution >= 4 is 5.91 Å². The molecule has 0 aliphatic carbocycles. The Bertz CT molecular complexity index is 458. The Morgan fingerprint density at radius 2 is 2.06 bits per heavy atom. The zero-order valence-electron chi connectivity index (χ0n) is 10.3. The van der Waals surface area contributed by atoms with Crippen LogP contribution in [0.25, 0.3) is 0 Å². The predicted molar refractivity (Wildman–Crippen MR) is 66.9 cm³/mol. The van der Waals surface area contributed by atoms with Gasteiger partial charge in [0.25, 0.3) is 0 Å². The van der Waals surface area contributed by atoms with Crippen LogP contribution in [0.15, 0.2) is 18.2 Å². The molecule has 1 aromatic carbocycles. The number of carbonyl (C=O) groups is 1. The fourth-order valence-corrected chi connectivity index (χ4v) is 2.45. The second-order valence-electron chi connectivity index (χ2n) is 4.84. The third-order valence-corrected chi connectivity index (χ3v) is 3.38. The van der Waals surface area contributed by atoms with E-state index in [1.807, 2.05) is 12.1 Å². The van der Waals surface area contributed by atoms with Crippen LogP contribution < -0.4 is 14.8 Å². The SMILES string of the molecule is O=C1CCC(Cc2ccc3c(c2)OCCCO3)N1. The molecule has 1 atom stereocenters. The Balaban J connectivity index is 1.73. The summed E-state index contributed by atoms with van der Waals surface area (Å²) < 4.78 is 11.3. The van der Waals surface area contributed by atoms with Crippen molar-refractivity contribution in [3.8, 4) is 11.5 Å². The van der Waals surface area contributed by atoms with Crippen LogP contribution in [0.3, 0.4) is 0 Å². The summed E-state index contributed by atoms with van der Waals surface area (Å²) in [5.41, 5.74) is 1.19. The average molecular weight is 247 g/mol. The van der Waals surface area contributed by atoms with Gasteiger partial charge < -0.3 is 14.8 Å². The fraction of sp³-hybridized carbons (Fsp3) is 0.500. The number of hydrogen-bond acceptors (Lipinski definition) is 3. The monoisotopic (exact) mass is 247 g/mol. The first-order valence-electron chi connectivity index (χ1n) is 6.49. The van der Waals surface area contributed by atoms with Gasteiger partial charge in [-0.15, -0.1) is 0 Å². The Hall–Kier alpha value is -1.71. The maximum atomic E-state index is 11.2. The molecule has 2 heterocycles. The molecule has 1 amide bonds. The van der Waals surface area contributed by atoms with Gasteiger partial charge in [-0.2, -0.15) is 0 Å². The average Bonchev–Trinajstić information content (AvgIpc) is 2.64. The van der Waals surface area contributed by atoms with E-state index >= 15 is 0 Å². The van der Waals surface area contributed by atoms with Crippen LogP contribution >= 0.6 is 0 Å². The van der Waals surface area contributed by atoms with Crippen LogP contribution in [0.5, 0.6) is 11.5 Å². The molecular weight excluding hydrogens is 230 g/mol. The summed E-state index contributed by atoms with van der Waals surface area (Å²) in [4.78, 5) is 11.2. The van der Waals surface area contributed by atoms with Crippen molar-refractivity contribution in [2.75, 3.05) is 13.2 Å². The third kappa shape index (κ3) is 2.42. The van der Waals surface area contributed by atoms with Gasteiger partial charge in [-0.1, -0.05) is 6.07 Å². The molecule has 1 fully saturated rings. The maximum absolute atomic E-state index is 11.2. The van der Waals surface area contributed by atoms with Crippen LogP contribution in [0, 0.1) is 0 Å². The van der Waals surface area contributed by atoms with Crippen molar-refractivity contribution < 1.29 is 14.3 Å². The van der Waals surface area contributed by atoms with E-state index in [-0.39, 0.29) is 11.9 Å². The van der Waals surface area contributed by atoms with Crippen molar-refractivity contribution in [2.45, 2.75) is 31.7 Å². The van der Waals surface area contributed by atoms with E-state index in [2.05, 4.69) is 11.4 Å². The number of benzene rings is 1. The van der Waals surface area contributed by atoms with Crippen molar-refractivity contribution in [3.63, 3.8) is 0 Å². The second-order valence-corrected chi connectivity index (χ2v) is 4.84. The first-order chi connectivity index (χ1) is 8.81. The zero-order valence-corrected chi connectivity index (χ0v) is 10.3. The first kappa shape index (κ1) is 11.4. The summed E-state index contributed by atoms with van der Waals surface area (Å²) in [6, 6.07) is 6.32. The van der Waals surface area contributed by atoms with Crippen molar-refractivity contribution in [1.29, 1.82) is 0 Å². The minimum absolute atomic E-state index is 0.161. The van der Waals surface area contributed by atoms with Gasteiger partial charge in [-0.3, -0.25) is 4.79 Å². The van der Waals surface area contributed by atoms with Gasteiger partial charge >= 0.3 is 0 Å². The van der Waals surface area contributed by atoms with Gasteiger partial charge in [0.15, 0.2) is 11.5 Å². The number of fused-ring (bicyclic) bond motifs is 1. The molecule has 2 aliphatic rings. The normalized spacial score (nSPS) is 22.4. The molecule has 18 heavy (non-hydrogen) atoms. The lowest BCUT2D eigenvalue weighted by Gasteiger charge is -2.12. The van der Waals surface area contributed by atoms with E-state index in [0.29, 0.717) is 19.6 Å². The maximum Gasteiger partial charge on any atom is 0.220 e. The van der Waals surface area contributed by atoms with E-state index in [4.69, 9.17) is 9.47 Å². The number of rotatable bonds is 2. The summed E-state index contributed by atoms with van der Waals surface area (Å²) in [6.45, 7) is 1.42. The van der Waals surface area contributed by atoms with Gasteiger partial charge in [0.1, 0.15) is 0 Å². The molecule has 0 bridgehead atoms. The van der Waals surface area contributed by atoms with Gasteiger partial charge in [-0.05, 0) is 30.5 Å². The van der Waals surface area contributed by atoms with Crippen LogP contribution in [-0.2, 0) is 11.2 Å². The molecule has 1 N–H and O–H groups in total. The highest BCUT2D eigenvalue weighted by Crippen LogP contribution is 2.31. The smallest absolute Gasteiger partial charge is 0.220 e. The topological polar surface area (TPSA) is 47.6 Å². The van der Waals surface area contributed by atoms with Crippen LogP contribution in [0.1, 0.15) is 24.8 Å². The Morgan fingerprint density at radius 1 is 1.22 bits per heavy atom. The summed E-state index contributed by atoms with van der Waals surface area (Å²) >= 11 is 0. The highest BCUT2D eigenvalue weighted by Gasteiger charge is 2.21. The molecule has 96 valence electrons. The van der Waals surface area contributed by atoms with E-state index in [1.54, 1.807) is 0 Å². The lowest BCUT2D eigenvalue weighted by atomic mass is 10.0. The Kier molecular flexibility index (Phi) is 3.09. The molecule has 2 aliphatic heterocycles. The van der Waals surface area contributed by atoms with Crippen LogP contribution in [-0.4, -0.2) is 25.2 Å². The summed E-state index contributed by atoms with van der Waals surface area (Å²) in [5.74, 6) is 1.82. The van der Waals surface area contributed by atoms with Crippen LogP contribution in [0.4, 0.5) is 0 Å². The molecule has 4 nitrogen and oxygen atoms in total. The molecule has 4 heteroatoms. The van der Waals surface area contributed by atoms with Crippen molar-refractivity contribution in [3.05, 3.63) is 23.8 Å². The standard InChI is InChI=1S/C14H17NO3/c16-14-5-3-11(15-14)8-10-2-4-12-13(9-10)18-7-1-6-17-12/h2,4,9,11H,1,3,5-8H2,(H,15,16). The predicted octanol–water partition coefficient (Wildman–Crippen LogP) is 1.67. The Labute approximate surface area is 106 Å². The van der Waals surface area contributed by atoms with E-state index in [0.717, 1.165) is 30.8 Å². The summed E-state index contributed by atoms with van der Waals surface area (Å²) in [7, 11) is 0. The quantitative estimate of drug-likeness (QED) is 0.864. The minimum atomic E-state index is 0.161. The first-order valence-corrected chi connectivity index (χ1v) is 6.49. The summed E-state index contributed by atoms with van der Waals surface area (Å²) in [6.07, 6.45) is 3.35. The molecule has 1 aromatic rings. The van der Waals surface area contributed by atoms with Gasteiger partial charge in [-0.25, -0.2) is 0 Å². The molecule has 0 radical (unpaired) electrons. The lowest BCUT2D eigenvalue weighted by molar-refractivity contribution is -0.119. The Morgan fingerprint density at radius 3 is 2.83 bits per heavy atom. The number of nitrogens with one attached hydrogen (secondary N) is 1.